The van der Waals surface area contributed by atoms with Gasteiger partial charge in [0.2, 0.25) is 0 Å². The van der Waals surface area contributed by atoms with Crippen molar-refractivity contribution in [3.63, 3.8) is 0 Å². The third-order valence-corrected chi connectivity index (χ3v) is 6.81. The highest BCUT2D eigenvalue weighted by atomic mass is 32.1. The van der Waals surface area contributed by atoms with E-state index >= 15 is 0 Å². The third-order valence-electron chi connectivity index (χ3n) is 5.79. The first-order valence-electron chi connectivity index (χ1n) is 11.1. The Balaban J connectivity index is 2.06. The first-order chi connectivity index (χ1) is 14.7. The second-order valence-corrected chi connectivity index (χ2v) is 10.4. The highest BCUT2D eigenvalue weighted by Gasteiger charge is 2.42. The number of amides is 1. The molecule has 0 N–H and O–H groups in total. The number of hydrogen-bond donors (Lipinski definition) is 0. The van der Waals surface area contributed by atoms with Crippen LogP contribution in [0.3, 0.4) is 0 Å². The van der Waals surface area contributed by atoms with E-state index in [-0.39, 0.29) is 17.4 Å². The average Bonchev–Trinajstić information content (AvgIpc) is 3.17. The normalized spacial score (nSPS) is 22.6. The minimum atomic E-state index is -0.577. The number of nitrogens with zero attached hydrogens (tertiary/aromatic N) is 1. The van der Waals surface area contributed by atoms with Crippen molar-refractivity contribution < 1.29 is 19.1 Å². The highest BCUT2D eigenvalue weighted by molar-refractivity contribution is 7.15. The molecule has 6 heteroatoms. The zero-order valence-electron chi connectivity index (χ0n) is 19.0. The van der Waals surface area contributed by atoms with Crippen molar-refractivity contribution in [3.8, 4) is 11.8 Å². The Morgan fingerprint density at radius 1 is 1.35 bits per heavy atom. The van der Waals surface area contributed by atoms with E-state index in [2.05, 4.69) is 18.4 Å². The predicted molar refractivity (Wildman–Crippen MR) is 124 cm³/mol. The minimum absolute atomic E-state index is 0.0877. The molecule has 1 aromatic heterocycles. The van der Waals surface area contributed by atoms with Crippen molar-refractivity contribution in [3.05, 3.63) is 28.5 Å². The van der Waals surface area contributed by atoms with Crippen LogP contribution in [0.4, 0.5) is 5.69 Å². The molecule has 1 aromatic rings. The zero-order valence-corrected chi connectivity index (χ0v) is 19.8. The van der Waals surface area contributed by atoms with Gasteiger partial charge in [0.15, 0.2) is 0 Å². The second-order valence-electron chi connectivity index (χ2n) is 9.34. The van der Waals surface area contributed by atoms with Gasteiger partial charge in [0.25, 0.3) is 5.91 Å². The Labute approximate surface area is 189 Å². The lowest BCUT2D eigenvalue weighted by atomic mass is 9.82. The summed E-state index contributed by atoms with van der Waals surface area (Å²) < 4.78 is 11.0. The van der Waals surface area contributed by atoms with Gasteiger partial charge >= 0.3 is 5.97 Å². The van der Waals surface area contributed by atoms with Gasteiger partial charge in [0.1, 0.15) is 11.0 Å². The Bertz CT molecular complexity index is 880. The van der Waals surface area contributed by atoms with Crippen molar-refractivity contribution in [2.24, 2.45) is 11.3 Å². The molecule has 0 bridgehead atoms. The fourth-order valence-electron chi connectivity index (χ4n) is 4.27. The maximum absolute atomic E-state index is 13.5. The molecular formula is C25H33NO4S. The molecule has 1 aliphatic heterocycles. The molecule has 1 saturated heterocycles. The molecule has 3 rings (SSSR count). The van der Waals surface area contributed by atoms with Crippen LogP contribution in [0.2, 0.25) is 0 Å². The molecule has 0 spiro atoms. The van der Waals surface area contributed by atoms with Crippen molar-refractivity contribution in [1.82, 2.24) is 0 Å². The van der Waals surface area contributed by atoms with Gasteiger partial charge in [-0.2, -0.15) is 0 Å². The molecule has 1 amide bonds. The Morgan fingerprint density at radius 3 is 2.68 bits per heavy atom. The van der Waals surface area contributed by atoms with Gasteiger partial charge in [-0.15, -0.1) is 17.9 Å². The zero-order chi connectivity index (χ0) is 22.6. The summed E-state index contributed by atoms with van der Waals surface area (Å²) in [4.78, 5) is 29.2. The SMILES string of the molecule is C=CC[C@H]1OC[C@@H](C2CCCCC2)N(c2cc(C#CC(C)(C)C)sc2C(=O)OC)C1=O. The Kier molecular flexibility index (Phi) is 7.61. The summed E-state index contributed by atoms with van der Waals surface area (Å²) in [5.41, 5.74) is 0.442. The summed E-state index contributed by atoms with van der Waals surface area (Å²) in [6.45, 7) is 10.4. The van der Waals surface area contributed by atoms with E-state index in [4.69, 9.17) is 9.47 Å². The van der Waals surface area contributed by atoms with Gasteiger partial charge < -0.3 is 14.4 Å². The number of carbonyl (C=O) groups is 2. The largest absolute Gasteiger partial charge is 0.465 e. The average molecular weight is 444 g/mol. The van der Waals surface area contributed by atoms with Gasteiger partial charge in [-0.05, 0) is 45.6 Å². The minimum Gasteiger partial charge on any atom is -0.465 e. The van der Waals surface area contributed by atoms with Crippen LogP contribution in [0.15, 0.2) is 18.7 Å². The van der Waals surface area contributed by atoms with Crippen LogP contribution in [0.25, 0.3) is 0 Å². The molecule has 2 heterocycles. The van der Waals surface area contributed by atoms with Gasteiger partial charge in [-0.25, -0.2) is 4.79 Å². The van der Waals surface area contributed by atoms with E-state index in [1.54, 1.807) is 6.08 Å². The molecule has 1 saturated carbocycles. The van der Waals surface area contributed by atoms with Crippen LogP contribution in [0, 0.1) is 23.2 Å². The Morgan fingerprint density at radius 2 is 2.06 bits per heavy atom. The quantitative estimate of drug-likeness (QED) is 0.357. The number of carbonyl (C=O) groups excluding carboxylic acids is 2. The van der Waals surface area contributed by atoms with Gasteiger partial charge in [-0.3, -0.25) is 4.79 Å². The van der Waals surface area contributed by atoms with Crippen LogP contribution in [0.1, 0.15) is 73.8 Å². The van der Waals surface area contributed by atoms with Gasteiger partial charge in [0.05, 0.1) is 30.3 Å². The van der Waals surface area contributed by atoms with E-state index in [9.17, 15) is 9.59 Å². The van der Waals surface area contributed by atoms with Crippen LogP contribution in [-0.4, -0.2) is 37.7 Å². The summed E-state index contributed by atoms with van der Waals surface area (Å²) in [5, 5.41) is 0. The van der Waals surface area contributed by atoms with Crippen molar-refractivity contribution in [2.75, 3.05) is 18.6 Å². The first-order valence-corrected chi connectivity index (χ1v) is 11.9. The summed E-state index contributed by atoms with van der Waals surface area (Å²) >= 11 is 1.29. The number of anilines is 1. The molecule has 2 fully saturated rings. The van der Waals surface area contributed by atoms with E-state index in [1.807, 2.05) is 31.7 Å². The number of methoxy groups -OCH3 is 1. The van der Waals surface area contributed by atoms with Gasteiger partial charge in [0, 0.05) is 11.8 Å². The lowest BCUT2D eigenvalue weighted by Crippen LogP contribution is -2.57. The summed E-state index contributed by atoms with van der Waals surface area (Å²) in [6, 6.07) is 1.79. The fourth-order valence-corrected chi connectivity index (χ4v) is 5.19. The topological polar surface area (TPSA) is 55.8 Å². The number of ether oxygens (including phenoxy) is 2. The number of morpholine rings is 1. The highest BCUT2D eigenvalue weighted by Crippen LogP contribution is 2.39. The summed E-state index contributed by atoms with van der Waals surface area (Å²) in [6.07, 6.45) is 7.26. The molecule has 0 radical (unpaired) electrons. The van der Waals surface area contributed by atoms with Crippen molar-refractivity contribution in [1.29, 1.82) is 0 Å². The number of hydrogen-bond acceptors (Lipinski definition) is 5. The lowest BCUT2D eigenvalue weighted by Gasteiger charge is -2.43. The van der Waals surface area contributed by atoms with Crippen LogP contribution < -0.4 is 4.90 Å². The second kappa shape index (κ2) is 10.0. The predicted octanol–water partition coefficient (Wildman–Crippen LogP) is 5.19. The molecule has 2 atom stereocenters. The van der Waals surface area contributed by atoms with Crippen LogP contribution >= 0.6 is 11.3 Å². The standard InChI is InChI=1S/C25H33NO4S/c1-6-10-21-23(27)26(20(16-30-21)17-11-8-7-9-12-17)19-15-18(13-14-25(2,3)4)31-22(19)24(28)29-5/h6,15,17,20-21H,1,7-12,16H2,2-5H3/t20-,21+/m0/s1. The first kappa shape index (κ1) is 23.6. The molecular weight excluding hydrogens is 410 g/mol. The number of esters is 1. The molecule has 5 nitrogen and oxygen atoms in total. The van der Waals surface area contributed by atoms with Crippen molar-refractivity contribution >= 4 is 28.9 Å². The smallest absolute Gasteiger partial charge is 0.350 e. The molecule has 0 aromatic carbocycles. The van der Waals surface area contributed by atoms with E-state index in [0.29, 0.717) is 29.5 Å². The molecule has 1 aliphatic carbocycles. The lowest BCUT2D eigenvalue weighted by molar-refractivity contribution is -0.137. The maximum Gasteiger partial charge on any atom is 0.350 e. The molecule has 168 valence electrons. The van der Waals surface area contributed by atoms with Crippen molar-refractivity contribution in [2.45, 2.75) is 71.4 Å². The van der Waals surface area contributed by atoms with E-state index in [0.717, 1.165) is 30.6 Å². The van der Waals surface area contributed by atoms with Crippen LogP contribution in [-0.2, 0) is 14.3 Å². The van der Waals surface area contributed by atoms with E-state index < -0.39 is 12.1 Å². The fraction of sp³-hybridized carbons (Fsp3) is 0.600. The van der Waals surface area contributed by atoms with Gasteiger partial charge in [-0.1, -0.05) is 37.2 Å². The monoisotopic (exact) mass is 443 g/mol. The van der Waals surface area contributed by atoms with E-state index in [1.165, 1.54) is 24.9 Å². The summed E-state index contributed by atoms with van der Waals surface area (Å²) in [5.74, 6) is 6.21. The molecule has 0 unspecified atom stereocenters. The Hall–Kier alpha value is -2.10. The number of rotatable bonds is 5. The molecule has 31 heavy (non-hydrogen) atoms. The summed E-state index contributed by atoms with van der Waals surface area (Å²) in [7, 11) is 1.37. The van der Waals surface area contributed by atoms with Crippen LogP contribution in [0.5, 0.6) is 0 Å². The third kappa shape index (κ3) is 5.58. The number of thiophene rings is 1. The molecule has 2 aliphatic rings. The maximum atomic E-state index is 13.5.